The van der Waals surface area contributed by atoms with E-state index in [2.05, 4.69) is 58.5 Å². The molecule has 2 atom stereocenters. The highest BCUT2D eigenvalue weighted by Gasteiger charge is 2.15. The lowest BCUT2D eigenvalue weighted by Gasteiger charge is -2.17. The summed E-state index contributed by atoms with van der Waals surface area (Å²) in [7, 11) is 0. The molecular formula is C28H34N4O2. The Bertz CT molecular complexity index is 1050. The highest BCUT2D eigenvalue weighted by molar-refractivity contribution is 5.72. The summed E-state index contributed by atoms with van der Waals surface area (Å²) in [6.07, 6.45) is 1.43. The molecule has 6 nitrogen and oxygen atoms in total. The zero-order valence-corrected chi connectivity index (χ0v) is 19.9. The third kappa shape index (κ3) is 7.66. The Morgan fingerprint density at radius 3 is 1.50 bits per heavy atom. The minimum absolute atomic E-state index is 0.134. The van der Waals surface area contributed by atoms with Crippen LogP contribution in [0.1, 0.15) is 48.2 Å². The maximum Gasteiger partial charge on any atom is 0.282 e. The van der Waals surface area contributed by atoms with E-state index in [0.29, 0.717) is 19.6 Å². The van der Waals surface area contributed by atoms with Crippen molar-refractivity contribution in [2.24, 2.45) is 21.5 Å². The molecule has 3 aromatic rings. The minimum Gasteiger partial charge on any atom is -0.466 e. The van der Waals surface area contributed by atoms with Gasteiger partial charge in [-0.15, -0.1) is 0 Å². The predicted octanol–water partition coefficient (Wildman–Crippen LogP) is 4.96. The first-order valence-electron chi connectivity index (χ1n) is 11.7. The van der Waals surface area contributed by atoms with Crippen molar-refractivity contribution in [3.8, 4) is 0 Å². The number of nitrogens with zero attached hydrogens (tertiary/aromatic N) is 2. The summed E-state index contributed by atoms with van der Waals surface area (Å²) < 4.78 is 10.8. The highest BCUT2D eigenvalue weighted by Crippen LogP contribution is 2.26. The lowest BCUT2D eigenvalue weighted by atomic mass is 9.95. The van der Waals surface area contributed by atoms with Crippen LogP contribution in [0.3, 0.4) is 0 Å². The van der Waals surface area contributed by atoms with Crippen molar-refractivity contribution >= 4 is 12.0 Å². The predicted molar refractivity (Wildman–Crippen MR) is 139 cm³/mol. The zero-order chi connectivity index (χ0) is 24.2. The molecule has 0 saturated heterocycles. The monoisotopic (exact) mass is 458 g/mol. The summed E-state index contributed by atoms with van der Waals surface area (Å²) >= 11 is 0. The average Bonchev–Trinajstić information content (AvgIpc) is 2.85. The molecule has 0 aliphatic carbocycles. The van der Waals surface area contributed by atoms with E-state index in [1.54, 1.807) is 0 Å². The first kappa shape index (κ1) is 24.8. The van der Waals surface area contributed by atoms with Gasteiger partial charge in [0.15, 0.2) is 0 Å². The Balaban J connectivity index is 1.83. The van der Waals surface area contributed by atoms with Crippen molar-refractivity contribution in [1.29, 1.82) is 0 Å². The van der Waals surface area contributed by atoms with Gasteiger partial charge in [-0.05, 0) is 48.9 Å². The molecule has 0 heterocycles. The molecule has 3 aromatic carbocycles. The van der Waals surface area contributed by atoms with E-state index < -0.39 is 0 Å². The van der Waals surface area contributed by atoms with E-state index in [0.717, 1.165) is 23.1 Å². The van der Waals surface area contributed by atoms with Crippen molar-refractivity contribution in [2.75, 3.05) is 13.2 Å². The summed E-state index contributed by atoms with van der Waals surface area (Å²) in [5, 5.41) is 0. The third-order valence-corrected chi connectivity index (χ3v) is 5.40. The van der Waals surface area contributed by atoms with Gasteiger partial charge >= 0.3 is 0 Å². The van der Waals surface area contributed by atoms with Gasteiger partial charge in [0.2, 0.25) is 0 Å². The fraction of sp³-hybridized carbons (Fsp3) is 0.286. The van der Waals surface area contributed by atoms with Crippen LogP contribution in [0.4, 0.5) is 0 Å². The topological polar surface area (TPSA) is 95.2 Å². The molecule has 0 saturated carbocycles. The fourth-order valence-electron chi connectivity index (χ4n) is 3.77. The van der Waals surface area contributed by atoms with E-state index in [1.807, 2.05) is 50.2 Å². The fourth-order valence-corrected chi connectivity index (χ4v) is 3.77. The van der Waals surface area contributed by atoms with Gasteiger partial charge in [-0.2, -0.15) is 0 Å². The van der Waals surface area contributed by atoms with Gasteiger partial charge < -0.3 is 20.9 Å². The van der Waals surface area contributed by atoms with Gasteiger partial charge in [0, 0.05) is 0 Å². The van der Waals surface area contributed by atoms with Crippen LogP contribution in [0.5, 0.6) is 0 Å². The normalized spacial score (nSPS) is 13.8. The summed E-state index contributed by atoms with van der Waals surface area (Å²) in [5.74, 6) is 0. The second-order valence-electron chi connectivity index (χ2n) is 7.88. The number of nitrogens with two attached hydrogens (primary N) is 2. The molecule has 0 spiro atoms. The third-order valence-electron chi connectivity index (χ3n) is 5.40. The Kier molecular flexibility index (Phi) is 9.52. The molecule has 4 N–H and O–H groups in total. The minimum atomic E-state index is -0.139. The lowest BCUT2D eigenvalue weighted by Crippen LogP contribution is -2.18. The lowest BCUT2D eigenvalue weighted by molar-refractivity contribution is 0.318. The van der Waals surface area contributed by atoms with Gasteiger partial charge in [-0.3, -0.25) is 0 Å². The number of ether oxygens (including phenoxy) is 2. The quantitative estimate of drug-likeness (QED) is 0.332. The van der Waals surface area contributed by atoms with Crippen LogP contribution < -0.4 is 11.5 Å². The number of amidine groups is 2. The van der Waals surface area contributed by atoms with E-state index in [-0.39, 0.29) is 24.1 Å². The Labute approximate surface area is 202 Å². The molecule has 0 amide bonds. The summed E-state index contributed by atoms with van der Waals surface area (Å²) in [5.41, 5.74) is 16.5. The number of benzene rings is 3. The van der Waals surface area contributed by atoms with Gasteiger partial charge in [0.05, 0.1) is 25.3 Å². The summed E-state index contributed by atoms with van der Waals surface area (Å²) in [6.45, 7) is 4.76. The largest absolute Gasteiger partial charge is 0.466 e. The molecule has 6 heteroatoms. The van der Waals surface area contributed by atoms with E-state index in [4.69, 9.17) is 20.9 Å². The molecule has 2 unspecified atom stereocenters. The highest BCUT2D eigenvalue weighted by atomic mass is 16.5. The van der Waals surface area contributed by atoms with Crippen molar-refractivity contribution in [1.82, 2.24) is 0 Å². The second-order valence-corrected chi connectivity index (χ2v) is 7.88. The Morgan fingerprint density at radius 1 is 0.618 bits per heavy atom. The first-order valence-corrected chi connectivity index (χ1v) is 11.7. The molecule has 34 heavy (non-hydrogen) atoms. The number of hydrogen-bond acceptors (Lipinski definition) is 4. The van der Waals surface area contributed by atoms with Gasteiger partial charge in [0.25, 0.3) is 12.0 Å². The maximum atomic E-state index is 6.00. The molecule has 0 radical (unpaired) electrons. The number of rotatable bonds is 10. The molecule has 0 bridgehead atoms. The van der Waals surface area contributed by atoms with Crippen LogP contribution in [0.25, 0.3) is 0 Å². The zero-order valence-electron chi connectivity index (χ0n) is 19.9. The van der Waals surface area contributed by atoms with Crippen LogP contribution in [-0.4, -0.2) is 25.3 Å². The van der Waals surface area contributed by atoms with Gasteiger partial charge in [0.1, 0.15) is 0 Å². The van der Waals surface area contributed by atoms with Crippen LogP contribution in [0, 0.1) is 0 Å². The first-order chi connectivity index (χ1) is 16.6. The molecular weight excluding hydrogens is 424 g/mol. The smallest absolute Gasteiger partial charge is 0.282 e. The van der Waals surface area contributed by atoms with Crippen molar-refractivity contribution in [2.45, 2.75) is 38.8 Å². The molecule has 3 rings (SSSR count). The number of hydrogen-bond donors (Lipinski definition) is 2. The Hall–Kier alpha value is -3.80. The Morgan fingerprint density at radius 2 is 1.03 bits per heavy atom. The van der Waals surface area contributed by atoms with E-state index in [1.165, 1.54) is 5.56 Å². The van der Waals surface area contributed by atoms with Crippen molar-refractivity contribution in [3.63, 3.8) is 0 Å². The summed E-state index contributed by atoms with van der Waals surface area (Å²) in [4.78, 5) is 9.27. The van der Waals surface area contributed by atoms with Gasteiger partial charge in [-0.1, -0.05) is 84.9 Å². The second kappa shape index (κ2) is 13.0. The van der Waals surface area contributed by atoms with Gasteiger partial charge in [-0.25, -0.2) is 9.98 Å². The maximum absolute atomic E-state index is 6.00. The summed E-state index contributed by atoms with van der Waals surface area (Å²) in [6, 6.07) is 29.0. The standard InChI is InChI=1S/C28H34N4O2/c1-3-33-27(29)31-25(23-13-9-6-10-14-23)20-22-15-17-24(18-16-22)26(32-28(30)34-4-2)19-21-11-7-5-8-12-21/h5-18,25-26H,3-4,19-20H2,1-2H3,(H2,29,31)(H2,30,32). The van der Waals surface area contributed by atoms with Crippen LogP contribution >= 0.6 is 0 Å². The van der Waals surface area contributed by atoms with Crippen LogP contribution in [-0.2, 0) is 22.3 Å². The van der Waals surface area contributed by atoms with E-state index in [9.17, 15) is 0 Å². The molecule has 0 aromatic heterocycles. The number of aliphatic imine (C=N–C) groups is 2. The average molecular weight is 459 g/mol. The molecule has 0 aliphatic rings. The van der Waals surface area contributed by atoms with Crippen LogP contribution in [0.15, 0.2) is 94.9 Å². The molecule has 0 fully saturated rings. The van der Waals surface area contributed by atoms with Crippen molar-refractivity contribution in [3.05, 3.63) is 107 Å². The SMILES string of the molecule is CCOC(N)=NC(Cc1ccc(C(Cc2ccccc2)N=C(N)OCC)cc1)c1ccccc1. The molecule has 0 aliphatic heterocycles. The van der Waals surface area contributed by atoms with Crippen LogP contribution in [0.2, 0.25) is 0 Å². The molecule has 178 valence electrons. The van der Waals surface area contributed by atoms with E-state index >= 15 is 0 Å². The van der Waals surface area contributed by atoms with Crippen molar-refractivity contribution < 1.29 is 9.47 Å².